The molecule has 2 aliphatic rings. The van der Waals surface area contributed by atoms with Gasteiger partial charge < -0.3 is 20.1 Å². The van der Waals surface area contributed by atoms with Gasteiger partial charge in [0.2, 0.25) is 0 Å². The smallest absolute Gasteiger partial charge is 0.550 e. The molecular weight excluding hydrogens is 446 g/mol. The van der Waals surface area contributed by atoms with E-state index in [9.17, 15) is 24.5 Å². The quantitative estimate of drug-likeness (QED) is 0.532. The second-order valence-corrected chi connectivity index (χ2v) is 9.43. The number of carboxylic acid groups (broad SMARTS) is 1. The summed E-state index contributed by atoms with van der Waals surface area (Å²) in [7, 11) is 0. The molecule has 2 aliphatic carbocycles. The van der Waals surface area contributed by atoms with Crippen molar-refractivity contribution in [3.05, 3.63) is 53.1 Å². The van der Waals surface area contributed by atoms with E-state index in [1.165, 1.54) is 49.8 Å². The number of aliphatic hydroxyl groups excluding tert-OH is 2. The second-order valence-electron chi connectivity index (χ2n) is 9.43. The third-order valence-electron chi connectivity index (χ3n) is 7.03. The van der Waals surface area contributed by atoms with E-state index < -0.39 is 24.6 Å². The van der Waals surface area contributed by atoms with Gasteiger partial charge in [-0.2, -0.15) is 5.10 Å². The number of carboxylic acids is 1. The molecular formula is C26H32FN2NaO4. The van der Waals surface area contributed by atoms with Gasteiger partial charge in [-0.3, -0.25) is 0 Å². The zero-order valence-electron chi connectivity index (χ0n) is 19.8. The monoisotopic (exact) mass is 478 g/mol. The Morgan fingerprint density at radius 2 is 1.85 bits per heavy atom. The van der Waals surface area contributed by atoms with E-state index in [0.29, 0.717) is 11.8 Å². The zero-order chi connectivity index (χ0) is 23.4. The molecule has 3 atom stereocenters. The average Bonchev–Trinajstić information content (AvgIpc) is 3.17. The molecule has 1 saturated carbocycles. The molecule has 1 aromatic heterocycles. The fourth-order valence-corrected chi connectivity index (χ4v) is 5.45. The number of rotatable bonds is 8. The number of aromatic nitrogens is 2. The predicted molar refractivity (Wildman–Crippen MR) is 121 cm³/mol. The number of hydrogen-bond acceptors (Lipinski definition) is 5. The molecule has 2 aromatic rings. The zero-order valence-corrected chi connectivity index (χ0v) is 21.8. The largest absolute Gasteiger partial charge is 1.00 e. The fourth-order valence-electron chi connectivity index (χ4n) is 5.45. The number of aliphatic carboxylic acids is 1. The first-order chi connectivity index (χ1) is 15.9. The molecule has 0 saturated heterocycles. The number of halogens is 1. The summed E-state index contributed by atoms with van der Waals surface area (Å²) in [4.78, 5) is 10.7. The molecule has 178 valence electrons. The van der Waals surface area contributed by atoms with Crippen LogP contribution in [0.1, 0.15) is 80.7 Å². The maximum atomic E-state index is 13.6. The minimum Gasteiger partial charge on any atom is -0.550 e. The first-order valence-electron chi connectivity index (χ1n) is 12.0. The van der Waals surface area contributed by atoms with Crippen molar-refractivity contribution in [3.8, 4) is 5.69 Å². The average molecular weight is 479 g/mol. The van der Waals surface area contributed by atoms with Gasteiger partial charge in [0.1, 0.15) is 5.82 Å². The van der Waals surface area contributed by atoms with Crippen molar-refractivity contribution in [1.82, 2.24) is 9.78 Å². The molecule has 0 radical (unpaired) electrons. The van der Waals surface area contributed by atoms with Crippen LogP contribution >= 0.6 is 0 Å². The number of fused-ring (bicyclic) bond motifs is 1. The van der Waals surface area contributed by atoms with Crippen molar-refractivity contribution in [3.63, 3.8) is 0 Å². The van der Waals surface area contributed by atoms with Gasteiger partial charge in [0.05, 0.1) is 29.3 Å². The Bertz CT molecular complexity index is 985. The minimum atomic E-state index is -1.35. The van der Waals surface area contributed by atoms with Crippen LogP contribution in [0, 0.1) is 11.7 Å². The molecule has 1 heterocycles. The van der Waals surface area contributed by atoms with Gasteiger partial charge in [-0.05, 0) is 68.4 Å². The summed E-state index contributed by atoms with van der Waals surface area (Å²) in [5.74, 6) is -0.615. The summed E-state index contributed by atoms with van der Waals surface area (Å²) in [5, 5.41) is 35.8. The van der Waals surface area contributed by atoms with Gasteiger partial charge in [-0.25, -0.2) is 9.07 Å². The molecule has 8 heteroatoms. The van der Waals surface area contributed by atoms with E-state index in [4.69, 9.17) is 5.10 Å². The van der Waals surface area contributed by atoms with E-state index in [2.05, 4.69) is 0 Å². The second kappa shape index (κ2) is 12.5. The van der Waals surface area contributed by atoms with Gasteiger partial charge in [-0.15, -0.1) is 0 Å². The van der Waals surface area contributed by atoms with Crippen LogP contribution in [0.15, 0.2) is 30.3 Å². The Labute approximate surface area is 222 Å². The van der Waals surface area contributed by atoms with Gasteiger partial charge in [0.25, 0.3) is 0 Å². The van der Waals surface area contributed by atoms with E-state index >= 15 is 0 Å². The number of hydrogen-bond donors (Lipinski definition) is 2. The van der Waals surface area contributed by atoms with Crippen molar-refractivity contribution in [1.29, 1.82) is 0 Å². The molecule has 4 rings (SSSR count). The third kappa shape index (κ3) is 6.58. The molecule has 1 aromatic carbocycles. The fraction of sp³-hybridized carbons (Fsp3) is 0.538. The SMILES string of the molecule is O=C([O-])C[C@H](O)C[C@H](O)/C=C/c1c2c(nn1-c1ccc(F)cc1)C(C1CCCCC1)CCC2.[Na+]. The van der Waals surface area contributed by atoms with Crippen molar-refractivity contribution in [2.45, 2.75) is 82.3 Å². The van der Waals surface area contributed by atoms with Gasteiger partial charge >= 0.3 is 29.6 Å². The summed E-state index contributed by atoms with van der Waals surface area (Å²) in [5.41, 5.74) is 3.88. The van der Waals surface area contributed by atoms with Crippen LogP contribution in [0.25, 0.3) is 11.8 Å². The molecule has 1 unspecified atom stereocenters. The van der Waals surface area contributed by atoms with Crippen molar-refractivity contribution < 1.29 is 54.1 Å². The number of benzene rings is 1. The number of aliphatic hydroxyl groups is 2. The molecule has 6 nitrogen and oxygen atoms in total. The van der Waals surface area contributed by atoms with E-state index in [0.717, 1.165) is 36.3 Å². The minimum absolute atomic E-state index is 0. The van der Waals surface area contributed by atoms with Gasteiger partial charge in [-0.1, -0.05) is 25.3 Å². The van der Waals surface area contributed by atoms with Crippen LogP contribution in [-0.4, -0.2) is 38.2 Å². The molecule has 34 heavy (non-hydrogen) atoms. The molecule has 1 fully saturated rings. The molecule has 0 spiro atoms. The third-order valence-corrected chi connectivity index (χ3v) is 7.03. The molecule has 2 N–H and O–H groups in total. The van der Waals surface area contributed by atoms with Crippen LogP contribution in [0.3, 0.4) is 0 Å². The predicted octanol–water partition coefficient (Wildman–Crippen LogP) is 0.281. The normalized spacial score (nSPS) is 20.5. The Morgan fingerprint density at radius 1 is 1.15 bits per heavy atom. The van der Waals surface area contributed by atoms with Gasteiger partial charge in [0.15, 0.2) is 0 Å². The van der Waals surface area contributed by atoms with E-state index in [1.54, 1.807) is 24.3 Å². The van der Waals surface area contributed by atoms with Crippen LogP contribution < -0.4 is 34.7 Å². The van der Waals surface area contributed by atoms with Crippen LogP contribution in [0.5, 0.6) is 0 Å². The standard InChI is InChI=1S/C26H33FN2O4.Na/c27-18-9-11-19(12-10-18)29-24(14-13-20(30)15-21(31)16-25(32)33)23-8-4-7-22(26(23)28-29)17-5-2-1-3-6-17;/h9-14,17,20-22,30-31H,1-8,15-16H2,(H,32,33);/q;+1/p-1/b14-13+;/t20-,21-,22?;/m1./s1. The van der Waals surface area contributed by atoms with Crippen molar-refractivity contribution in [2.24, 2.45) is 5.92 Å². The van der Waals surface area contributed by atoms with Crippen LogP contribution in [-0.2, 0) is 11.2 Å². The topological polar surface area (TPSA) is 98.4 Å². The maximum absolute atomic E-state index is 13.6. The van der Waals surface area contributed by atoms with Crippen LogP contribution in [0.4, 0.5) is 4.39 Å². The van der Waals surface area contributed by atoms with E-state index in [-0.39, 0.29) is 41.8 Å². The maximum Gasteiger partial charge on any atom is 1.00 e. The Kier molecular flexibility index (Phi) is 9.92. The number of nitrogens with zero attached hydrogens (tertiary/aromatic N) is 2. The van der Waals surface area contributed by atoms with Crippen LogP contribution in [0.2, 0.25) is 0 Å². The number of carbonyl (C=O) groups is 1. The number of carbonyl (C=O) groups excluding carboxylic acids is 1. The van der Waals surface area contributed by atoms with Gasteiger partial charge in [0, 0.05) is 30.3 Å². The molecule has 0 bridgehead atoms. The summed E-state index contributed by atoms with van der Waals surface area (Å²) in [6, 6.07) is 6.21. The Hall–Kier alpha value is -1.51. The summed E-state index contributed by atoms with van der Waals surface area (Å²) >= 11 is 0. The summed E-state index contributed by atoms with van der Waals surface area (Å²) in [6.45, 7) is 0. The summed E-state index contributed by atoms with van der Waals surface area (Å²) in [6.07, 6.45) is 9.96. The van der Waals surface area contributed by atoms with Crippen molar-refractivity contribution >= 4 is 12.0 Å². The first-order valence-corrected chi connectivity index (χ1v) is 12.0. The Balaban J connectivity index is 0.00000324. The Morgan fingerprint density at radius 3 is 2.53 bits per heavy atom. The summed E-state index contributed by atoms with van der Waals surface area (Å²) < 4.78 is 15.4. The first kappa shape index (κ1) is 27.1. The van der Waals surface area contributed by atoms with E-state index in [1.807, 2.05) is 4.68 Å². The van der Waals surface area contributed by atoms with Crippen molar-refractivity contribution in [2.75, 3.05) is 0 Å². The molecule has 0 aliphatic heterocycles. The molecule has 0 amide bonds.